The molecule has 2 bridgehead atoms. The summed E-state index contributed by atoms with van der Waals surface area (Å²) in [6.07, 6.45) is 3.18. The molecule has 1 aromatic carbocycles. The Morgan fingerprint density at radius 1 is 1.04 bits per heavy atom. The number of amides is 4. The summed E-state index contributed by atoms with van der Waals surface area (Å²) in [4.78, 5) is 64.7. The summed E-state index contributed by atoms with van der Waals surface area (Å²) in [5, 5.41) is 22.2. The van der Waals surface area contributed by atoms with Crippen LogP contribution in [0.2, 0.25) is 0 Å². The van der Waals surface area contributed by atoms with E-state index in [1.807, 2.05) is 6.92 Å². The molecule has 0 unspecified atom stereocenters. The van der Waals surface area contributed by atoms with Gasteiger partial charge in [0, 0.05) is 57.0 Å². The number of fused-ring (bicyclic) bond motifs is 2. The quantitative estimate of drug-likeness (QED) is 0.124. The Bertz CT molecular complexity index is 1670. The lowest BCUT2D eigenvalue weighted by Crippen LogP contribution is -2.41. The lowest BCUT2D eigenvalue weighted by molar-refractivity contribution is -0.120. The van der Waals surface area contributed by atoms with Crippen molar-refractivity contribution in [3.05, 3.63) is 94.1 Å². The smallest absolute Gasteiger partial charge is 0.405 e. The summed E-state index contributed by atoms with van der Waals surface area (Å²) >= 11 is 0. The number of rotatable bonds is 9. The van der Waals surface area contributed by atoms with Gasteiger partial charge in [-0.05, 0) is 55.9 Å². The third-order valence-corrected chi connectivity index (χ3v) is 8.87. The number of hydrogen-bond donors (Lipinski definition) is 6. The van der Waals surface area contributed by atoms with Crippen molar-refractivity contribution in [1.82, 2.24) is 21.3 Å². The van der Waals surface area contributed by atoms with Crippen LogP contribution in [0, 0.1) is 17.7 Å². The summed E-state index contributed by atoms with van der Waals surface area (Å²) < 4.78 is 29.8. The first-order valence-corrected chi connectivity index (χ1v) is 17.2. The van der Waals surface area contributed by atoms with Crippen molar-refractivity contribution < 1.29 is 47.7 Å². The fourth-order valence-corrected chi connectivity index (χ4v) is 5.99. The zero-order chi connectivity index (χ0) is 39.2. The Morgan fingerprint density at radius 3 is 2.38 bits per heavy atom. The van der Waals surface area contributed by atoms with Gasteiger partial charge in [-0.2, -0.15) is 0 Å². The van der Waals surface area contributed by atoms with E-state index in [0.29, 0.717) is 11.1 Å². The summed E-state index contributed by atoms with van der Waals surface area (Å²) in [6, 6.07) is 5.21. The van der Waals surface area contributed by atoms with Crippen LogP contribution in [0.3, 0.4) is 0 Å². The molecule has 1 heterocycles. The van der Waals surface area contributed by atoms with E-state index in [9.17, 15) is 33.5 Å². The molecule has 0 fully saturated rings. The van der Waals surface area contributed by atoms with E-state index in [0.717, 1.165) is 6.08 Å². The van der Waals surface area contributed by atoms with Crippen LogP contribution in [0.25, 0.3) is 0 Å². The molecule has 3 rings (SSSR count). The number of hydrogen-bond acceptors (Lipinski definition) is 10. The van der Waals surface area contributed by atoms with Crippen molar-refractivity contribution in [2.75, 3.05) is 27.3 Å². The number of primary amides is 1. The standard InChI is InChI=1S/C38H50FN5O9/c1-21-16-27-32(41-14-15-42-38(50)43-20-25-10-12-26(39)13-11-25)29(45)19-28(34(27)47)44-36(48)22(2)8-7-9-30(51-5)35(53-37(40)49)24(4)18-23(3)33(46)31(17-21)52-6/h7-13,18-19,21,23,30-31,33,35,41,46H,14-17,20H2,1-6H3,(H2,40,49)(H,44,48)(H2,42,43,50)/b9-7-,22-8+,24-18+/t21-,23+,30+,31+,33-,35+/m1/s1. The van der Waals surface area contributed by atoms with Crippen LogP contribution in [-0.4, -0.2) is 86.4 Å². The number of methoxy groups -OCH3 is 2. The Kier molecular flexibility index (Phi) is 16.1. The molecule has 288 valence electrons. The highest BCUT2D eigenvalue weighted by Crippen LogP contribution is 2.29. The van der Waals surface area contributed by atoms with Crippen LogP contribution in [0.4, 0.5) is 14.0 Å². The number of carbonyl (C=O) groups excluding carboxylic acids is 5. The van der Waals surface area contributed by atoms with Gasteiger partial charge in [-0.1, -0.05) is 50.3 Å². The summed E-state index contributed by atoms with van der Waals surface area (Å²) in [5.74, 6) is -2.93. The molecule has 1 aliphatic carbocycles. The van der Waals surface area contributed by atoms with Gasteiger partial charge in [0.2, 0.25) is 11.6 Å². The number of halogens is 1. The summed E-state index contributed by atoms with van der Waals surface area (Å²) in [7, 11) is 2.87. The Hall–Kier alpha value is -5.12. The normalized spacial score (nSPS) is 27.3. The van der Waals surface area contributed by atoms with E-state index in [-0.39, 0.29) is 66.8 Å². The van der Waals surface area contributed by atoms with Gasteiger partial charge < -0.3 is 46.3 Å². The van der Waals surface area contributed by atoms with Gasteiger partial charge in [0.15, 0.2) is 6.10 Å². The molecule has 7 N–H and O–H groups in total. The van der Waals surface area contributed by atoms with E-state index in [4.69, 9.17) is 19.9 Å². The number of allylic oxidation sites excluding steroid dienone is 4. The Morgan fingerprint density at radius 2 is 1.74 bits per heavy atom. The number of Topliss-reactive ketones (excluding diaryl/α,β-unsaturated/α-hetero) is 1. The first kappa shape index (κ1) is 42.3. The highest BCUT2D eigenvalue weighted by Gasteiger charge is 2.33. The lowest BCUT2D eigenvalue weighted by atomic mass is 9.85. The third kappa shape index (κ3) is 12.5. The minimum atomic E-state index is -1.03. The first-order valence-electron chi connectivity index (χ1n) is 17.2. The van der Waals surface area contributed by atoms with E-state index in [1.54, 1.807) is 38.1 Å². The van der Waals surface area contributed by atoms with Crippen LogP contribution < -0.4 is 27.0 Å². The van der Waals surface area contributed by atoms with Crippen LogP contribution in [0.1, 0.15) is 46.1 Å². The van der Waals surface area contributed by atoms with E-state index in [1.165, 1.54) is 45.4 Å². The van der Waals surface area contributed by atoms with E-state index < -0.39 is 59.9 Å². The maximum absolute atomic E-state index is 13.9. The van der Waals surface area contributed by atoms with Gasteiger partial charge in [-0.25, -0.2) is 14.0 Å². The monoisotopic (exact) mass is 739 g/mol. The molecule has 53 heavy (non-hydrogen) atoms. The van der Waals surface area contributed by atoms with Crippen molar-refractivity contribution in [2.45, 2.75) is 71.5 Å². The molecule has 6 atom stereocenters. The zero-order valence-corrected chi connectivity index (χ0v) is 30.9. The zero-order valence-electron chi connectivity index (χ0n) is 30.9. The minimum absolute atomic E-state index is 0.0296. The number of ether oxygens (including phenoxy) is 3. The highest BCUT2D eigenvalue weighted by molar-refractivity contribution is 6.23. The number of nitrogens with two attached hydrogens (primary N) is 1. The number of urea groups is 1. The molecular weight excluding hydrogens is 689 g/mol. The number of carbonyl (C=O) groups is 5. The van der Waals surface area contributed by atoms with Gasteiger partial charge in [0.1, 0.15) is 11.9 Å². The molecular formula is C38H50FN5O9. The number of aliphatic hydroxyl groups excluding tert-OH is 1. The van der Waals surface area contributed by atoms with Crippen molar-refractivity contribution in [2.24, 2.45) is 17.6 Å². The maximum atomic E-state index is 13.9. The second-order valence-electron chi connectivity index (χ2n) is 13.1. The molecule has 14 nitrogen and oxygen atoms in total. The molecule has 1 aromatic rings. The average molecular weight is 740 g/mol. The average Bonchev–Trinajstić information content (AvgIpc) is 3.11. The van der Waals surface area contributed by atoms with Gasteiger partial charge in [-0.3, -0.25) is 14.4 Å². The van der Waals surface area contributed by atoms with Crippen molar-refractivity contribution >= 4 is 29.6 Å². The fraction of sp³-hybridized carbons (Fsp3) is 0.447. The van der Waals surface area contributed by atoms with Crippen LogP contribution in [0.5, 0.6) is 0 Å². The molecule has 4 amide bonds. The molecule has 0 radical (unpaired) electrons. The fourth-order valence-electron chi connectivity index (χ4n) is 5.99. The summed E-state index contributed by atoms with van der Waals surface area (Å²) in [6.45, 7) is 7.21. The Labute approximate surface area is 308 Å². The van der Waals surface area contributed by atoms with Gasteiger partial charge in [0.05, 0.1) is 23.6 Å². The third-order valence-electron chi connectivity index (χ3n) is 8.87. The van der Waals surface area contributed by atoms with E-state index >= 15 is 0 Å². The Balaban J connectivity index is 1.88. The minimum Gasteiger partial charge on any atom is -0.439 e. The summed E-state index contributed by atoms with van der Waals surface area (Å²) in [5.41, 5.74) is 6.77. The van der Waals surface area contributed by atoms with Crippen molar-refractivity contribution in [3.8, 4) is 0 Å². The molecule has 15 heteroatoms. The maximum Gasteiger partial charge on any atom is 0.405 e. The molecule has 0 spiro atoms. The van der Waals surface area contributed by atoms with Gasteiger partial charge in [0.25, 0.3) is 5.91 Å². The number of ketones is 2. The largest absolute Gasteiger partial charge is 0.439 e. The molecule has 1 aliphatic heterocycles. The van der Waals surface area contributed by atoms with Crippen molar-refractivity contribution in [1.29, 1.82) is 0 Å². The first-order chi connectivity index (χ1) is 25.1. The SMILES string of the molecule is CO[C@H]1/C=C\C=C(/C)C(=O)NC2=CC(=O)C(NCCNC(=O)NCc3ccc(F)cc3)=C(C[C@@H](C)C[C@H](OC)[C@H](O)[C@@H](C)/C=C(\C)[C@@H]1OC(N)=O)C2=O. The molecule has 0 saturated heterocycles. The topological polar surface area (TPSA) is 207 Å². The lowest BCUT2D eigenvalue weighted by Gasteiger charge is -2.30. The van der Waals surface area contributed by atoms with Gasteiger partial charge >= 0.3 is 12.1 Å². The van der Waals surface area contributed by atoms with Crippen LogP contribution in [-0.2, 0) is 35.1 Å². The number of benzene rings is 1. The van der Waals surface area contributed by atoms with E-state index in [2.05, 4.69) is 21.3 Å². The predicted octanol–water partition coefficient (Wildman–Crippen LogP) is 2.99. The predicted molar refractivity (Wildman–Crippen MR) is 194 cm³/mol. The van der Waals surface area contributed by atoms with Crippen LogP contribution >= 0.6 is 0 Å². The molecule has 0 aromatic heterocycles. The second-order valence-corrected chi connectivity index (χ2v) is 13.1. The van der Waals surface area contributed by atoms with Gasteiger partial charge in [-0.15, -0.1) is 0 Å². The second kappa shape index (κ2) is 20.2. The molecule has 0 saturated carbocycles. The molecule has 2 aliphatic rings. The highest BCUT2D eigenvalue weighted by atomic mass is 19.1. The number of aliphatic hydroxyl groups is 1. The van der Waals surface area contributed by atoms with Crippen molar-refractivity contribution in [3.63, 3.8) is 0 Å². The number of nitrogens with one attached hydrogen (secondary N) is 4. The van der Waals surface area contributed by atoms with Crippen LogP contribution in [0.15, 0.2) is 82.8 Å².